The van der Waals surface area contributed by atoms with Crippen molar-refractivity contribution in [3.05, 3.63) is 51.7 Å². The van der Waals surface area contributed by atoms with Crippen LogP contribution in [0.2, 0.25) is 0 Å². The number of hydrogen-bond acceptors (Lipinski definition) is 3. The summed E-state index contributed by atoms with van der Waals surface area (Å²) in [5, 5.41) is 2.49. The zero-order valence-corrected chi connectivity index (χ0v) is 13.4. The van der Waals surface area contributed by atoms with Crippen LogP contribution in [0.1, 0.15) is 34.6 Å². The quantitative estimate of drug-likeness (QED) is 0.790. The van der Waals surface area contributed by atoms with E-state index in [4.69, 9.17) is 5.73 Å². The van der Waals surface area contributed by atoms with Crippen molar-refractivity contribution in [2.24, 2.45) is 5.73 Å². The molecule has 102 valence electrons. The molecule has 1 aromatic carbocycles. The van der Waals surface area contributed by atoms with Gasteiger partial charge in [0.1, 0.15) is 0 Å². The van der Waals surface area contributed by atoms with E-state index in [9.17, 15) is 0 Å². The summed E-state index contributed by atoms with van der Waals surface area (Å²) in [6.45, 7) is 6.47. The first kappa shape index (κ1) is 14.6. The van der Waals surface area contributed by atoms with E-state index in [-0.39, 0.29) is 6.04 Å². The molecule has 0 bridgehead atoms. The van der Waals surface area contributed by atoms with Gasteiger partial charge in [0.05, 0.1) is 5.25 Å². The van der Waals surface area contributed by atoms with Crippen LogP contribution >= 0.6 is 23.1 Å². The molecule has 2 rings (SSSR count). The van der Waals surface area contributed by atoms with E-state index in [0.717, 1.165) is 6.42 Å². The molecule has 19 heavy (non-hydrogen) atoms. The van der Waals surface area contributed by atoms with Crippen LogP contribution in [0.4, 0.5) is 0 Å². The first-order valence-electron chi connectivity index (χ1n) is 6.64. The summed E-state index contributed by atoms with van der Waals surface area (Å²) < 4.78 is 0. The highest BCUT2D eigenvalue weighted by Gasteiger charge is 2.21. The molecule has 0 fully saturated rings. The van der Waals surface area contributed by atoms with Crippen LogP contribution in [-0.2, 0) is 0 Å². The number of nitrogens with two attached hydrogens (primary N) is 1. The second-order valence-corrected chi connectivity index (χ2v) is 7.06. The Morgan fingerprint density at radius 3 is 2.63 bits per heavy atom. The lowest BCUT2D eigenvalue weighted by atomic mass is 10.1. The Balaban J connectivity index is 2.25. The fourth-order valence-electron chi connectivity index (χ4n) is 2.09. The molecule has 3 heteroatoms. The van der Waals surface area contributed by atoms with Crippen molar-refractivity contribution < 1.29 is 0 Å². The highest BCUT2D eigenvalue weighted by Crippen LogP contribution is 2.41. The van der Waals surface area contributed by atoms with Gasteiger partial charge in [0.15, 0.2) is 0 Å². The number of thioether (sulfide) groups is 1. The van der Waals surface area contributed by atoms with Crippen LogP contribution in [0, 0.1) is 13.8 Å². The summed E-state index contributed by atoms with van der Waals surface area (Å²) in [4.78, 5) is 2.72. The van der Waals surface area contributed by atoms with E-state index < -0.39 is 0 Å². The maximum atomic E-state index is 6.32. The van der Waals surface area contributed by atoms with E-state index in [1.54, 1.807) is 11.3 Å². The standard InChI is InChI=1S/C16H21NS2/c1-4-13(17)16(15-6-5-9-18-15)19-14-8-7-11(2)10-12(14)3/h5-10,13,16H,4,17H2,1-3H3. The molecule has 0 aliphatic heterocycles. The van der Waals surface area contributed by atoms with Gasteiger partial charge in [-0.15, -0.1) is 23.1 Å². The Bertz CT molecular complexity index is 520. The van der Waals surface area contributed by atoms with E-state index >= 15 is 0 Å². The van der Waals surface area contributed by atoms with Crippen molar-refractivity contribution >= 4 is 23.1 Å². The molecule has 1 aromatic heterocycles. The second-order valence-electron chi connectivity index (χ2n) is 4.89. The van der Waals surface area contributed by atoms with Crippen molar-refractivity contribution in [2.45, 2.75) is 43.4 Å². The Morgan fingerprint density at radius 1 is 1.26 bits per heavy atom. The minimum absolute atomic E-state index is 0.198. The van der Waals surface area contributed by atoms with Crippen LogP contribution in [0.15, 0.2) is 40.6 Å². The fraction of sp³-hybridized carbons (Fsp3) is 0.375. The number of benzene rings is 1. The van der Waals surface area contributed by atoms with Gasteiger partial charge in [-0.25, -0.2) is 0 Å². The third-order valence-corrected chi connectivity index (χ3v) is 5.94. The average Bonchev–Trinajstić information content (AvgIpc) is 2.91. The molecule has 2 atom stereocenters. The molecule has 2 aromatic rings. The predicted molar refractivity (Wildman–Crippen MR) is 87.1 cm³/mol. The van der Waals surface area contributed by atoms with E-state index in [1.807, 2.05) is 11.8 Å². The third-order valence-electron chi connectivity index (χ3n) is 3.27. The largest absolute Gasteiger partial charge is 0.326 e. The first-order chi connectivity index (χ1) is 9.11. The van der Waals surface area contributed by atoms with Gasteiger partial charge in [-0.3, -0.25) is 0 Å². The first-order valence-corrected chi connectivity index (χ1v) is 8.40. The SMILES string of the molecule is CCC(N)C(Sc1ccc(C)cc1C)c1cccs1. The minimum atomic E-state index is 0.198. The maximum Gasteiger partial charge on any atom is 0.0589 e. The molecule has 0 spiro atoms. The zero-order chi connectivity index (χ0) is 13.8. The van der Waals surface area contributed by atoms with E-state index in [2.05, 4.69) is 56.5 Å². The van der Waals surface area contributed by atoms with Crippen molar-refractivity contribution in [1.82, 2.24) is 0 Å². The van der Waals surface area contributed by atoms with Gasteiger partial charge in [0, 0.05) is 15.8 Å². The van der Waals surface area contributed by atoms with Gasteiger partial charge in [-0.1, -0.05) is 30.7 Å². The number of rotatable bonds is 5. The average molecular weight is 291 g/mol. The molecule has 0 amide bonds. The molecule has 1 heterocycles. The molecular formula is C16H21NS2. The van der Waals surface area contributed by atoms with Crippen molar-refractivity contribution in [2.75, 3.05) is 0 Å². The molecule has 0 saturated heterocycles. The molecule has 1 nitrogen and oxygen atoms in total. The highest BCUT2D eigenvalue weighted by atomic mass is 32.2. The molecule has 0 aliphatic carbocycles. The molecule has 0 saturated carbocycles. The van der Waals surface area contributed by atoms with Crippen LogP contribution < -0.4 is 5.73 Å². The Morgan fingerprint density at radius 2 is 2.05 bits per heavy atom. The summed E-state index contributed by atoms with van der Waals surface area (Å²) in [6.07, 6.45) is 1.00. The molecule has 0 radical (unpaired) electrons. The number of thiophene rings is 1. The van der Waals surface area contributed by atoms with Gasteiger partial charge < -0.3 is 5.73 Å². The van der Waals surface area contributed by atoms with Crippen LogP contribution in [-0.4, -0.2) is 6.04 Å². The third kappa shape index (κ3) is 3.62. The topological polar surface area (TPSA) is 26.0 Å². The molecule has 0 aliphatic rings. The second kappa shape index (κ2) is 6.60. The van der Waals surface area contributed by atoms with Gasteiger partial charge >= 0.3 is 0 Å². The van der Waals surface area contributed by atoms with Crippen LogP contribution in [0.3, 0.4) is 0 Å². The lowest BCUT2D eigenvalue weighted by Crippen LogP contribution is -2.25. The van der Waals surface area contributed by atoms with Crippen molar-refractivity contribution in [3.63, 3.8) is 0 Å². The van der Waals surface area contributed by atoms with Gasteiger partial charge in [-0.05, 0) is 43.3 Å². The summed E-state index contributed by atoms with van der Waals surface area (Å²) in [5.74, 6) is 0. The lowest BCUT2D eigenvalue weighted by Gasteiger charge is -2.22. The minimum Gasteiger partial charge on any atom is -0.326 e. The Labute approximate surface area is 124 Å². The van der Waals surface area contributed by atoms with E-state index in [1.165, 1.54) is 20.9 Å². The maximum absolute atomic E-state index is 6.32. The van der Waals surface area contributed by atoms with Gasteiger partial charge in [-0.2, -0.15) is 0 Å². The molecular weight excluding hydrogens is 270 g/mol. The number of aryl methyl sites for hydroxylation is 2. The zero-order valence-electron chi connectivity index (χ0n) is 11.7. The van der Waals surface area contributed by atoms with Crippen LogP contribution in [0.5, 0.6) is 0 Å². The summed E-state index contributed by atoms with van der Waals surface area (Å²) in [7, 11) is 0. The van der Waals surface area contributed by atoms with E-state index in [0.29, 0.717) is 5.25 Å². The molecule has 2 unspecified atom stereocenters. The number of hydrogen-bond donors (Lipinski definition) is 1. The lowest BCUT2D eigenvalue weighted by molar-refractivity contribution is 0.640. The fourth-order valence-corrected chi connectivity index (χ4v) is 4.41. The van der Waals surface area contributed by atoms with Gasteiger partial charge in [0.2, 0.25) is 0 Å². The monoisotopic (exact) mass is 291 g/mol. The van der Waals surface area contributed by atoms with Crippen LogP contribution in [0.25, 0.3) is 0 Å². The highest BCUT2D eigenvalue weighted by molar-refractivity contribution is 7.99. The van der Waals surface area contributed by atoms with Crippen molar-refractivity contribution in [3.8, 4) is 0 Å². The normalized spacial score (nSPS) is 14.3. The summed E-state index contributed by atoms with van der Waals surface area (Å²) in [6, 6.07) is 11.1. The summed E-state index contributed by atoms with van der Waals surface area (Å²) in [5.41, 5.74) is 8.98. The van der Waals surface area contributed by atoms with Gasteiger partial charge in [0.25, 0.3) is 0 Å². The molecule has 2 N–H and O–H groups in total. The predicted octanol–water partition coefficient (Wildman–Crippen LogP) is 4.94. The Kier molecular flexibility index (Phi) is 5.08. The van der Waals surface area contributed by atoms with Crippen molar-refractivity contribution in [1.29, 1.82) is 0 Å². The Hall–Kier alpha value is -0.770. The summed E-state index contributed by atoms with van der Waals surface area (Å²) >= 11 is 3.70. The smallest absolute Gasteiger partial charge is 0.0589 e.